The molecule has 0 saturated heterocycles. The number of aliphatic carboxylic acids is 1. The molecule has 0 aromatic heterocycles. The monoisotopic (exact) mass is 884 g/mol. The molecule has 0 saturated carbocycles. The zero-order chi connectivity index (χ0) is 44.8. The van der Waals surface area contributed by atoms with Crippen molar-refractivity contribution in [2.24, 2.45) is 5.73 Å². The number of hydrogen-bond donors (Lipinski definition) is 3. The zero-order valence-corrected chi connectivity index (χ0v) is 40.2. The summed E-state index contributed by atoms with van der Waals surface area (Å²) >= 11 is 0. The molecule has 0 aromatic carbocycles. The lowest BCUT2D eigenvalue weighted by atomic mass is 10.1. The van der Waals surface area contributed by atoms with Crippen LogP contribution < -0.4 is 5.73 Å². The van der Waals surface area contributed by atoms with E-state index in [0.717, 1.165) is 51.4 Å². The maximum Gasteiger partial charge on any atom is 0.472 e. The highest BCUT2D eigenvalue weighted by Crippen LogP contribution is 2.43. The first-order valence-corrected chi connectivity index (χ1v) is 26.5. The van der Waals surface area contributed by atoms with Gasteiger partial charge in [0.15, 0.2) is 0 Å². The Bertz CT molecular complexity index is 1110. The van der Waals surface area contributed by atoms with E-state index in [4.69, 9.17) is 29.4 Å². The SMILES string of the molecule is CCCCCCC/C=C\C/C=C\CCCCCCCCCCCC(=O)OC(COCCCCCCCCCC/C=C\CCCCCCCC)COP(=O)(O)OCC(N)C(=O)O. The minimum absolute atomic E-state index is 0.0146. The molecule has 4 N–H and O–H groups in total. The summed E-state index contributed by atoms with van der Waals surface area (Å²) in [5, 5.41) is 8.92. The smallest absolute Gasteiger partial charge is 0.472 e. The Kier molecular flexibility index (Phi) is 44.8. The van der Waals surface area contributed by atoms with E-state index >= 15 is 0 Å². The second kappa shape index (κ2) is 46.2. The van der Waals surface area contributed by atoms with Gasteiger partial charge in [0, 0.05) is 13.0 Å². The van der Waals surface area contributed by atoms with Crippen LogP contribution in [0.15, 0.2) is 36.5 Å². The standard InChI is InChI=1S/C50H94NO9P/c1-3-5-7-9-11-13-15-17-19-21-23-24-25-26-28-30-32-34-36-38-40-42-49(52)60-47(45-58-61(55,56)59-46-48(51)50(53)54)44-57-43-41-39-37-35-33-31-29-27-22-20-18-16-14-12-10-8-6-4-2/h15,17-18,20-21,23,47-48H,3-14,16,19,22,24-46,51H2,1-2H3,(H,53,54)(H,55,56)/b17-15-,20-18-,23-21-. The molecule has 0 aliphatic heterocycles. The number of carbonyl (C=O) groups excluding carboxylic acids is 1. The Balaban J connectivity index is 4.16. The van der Waals surface area contributed by atoms with Crippen molar-refractivity contribution in [1.82, 2.24) is 0 Å². The molecule has 61 heavy (non-hydrogen) atoms. The lowest BCUT2D eigenvalue weighted by Crippen LogP contribution is -2.34. The first kappa shape index (κ1) is 59.2. The van der Waals surface area contributed by atoms with Crippen molar-refractivity contribution in [2.45, 2.75) is 244 Å². The topological polar surface area (TPSA) is 155 Å². The number of esters is 1. The van der Waals surface area contributed by atoms with Crippen LogP contribution in [-0.4, -0.2) is 60.5 Å². The number of nitrogens with two attached hydrogens (primary N) is 1. The normalized spacial score (nSPS) is 14.0. The van der Waals surface area contributed by atoms with Crippen LogP contribution in [0.1, 0.15) is 232 Å². The van der Waals surface area contributed by atoms with Crippen molar-refractivity contribution < 1.29 is 42.7 Å². The number of ether oxygens (including phenoxy) is 2. The van der Waals surface area contributed by atoms with Gasteiger partial charge in [0.25, 0.3) is 0 Å². The second-order valence-electron chi connectivity index (χ2n) is 16.9. The summed E-state index contributed by atoms with van der Waals surface area (Å²) in [6.45, 7) is 3.89. The second-order valence-corrected chi connectivity index (χ2v) is 18.4. The molecule has 3 atom stereocenters. The van der Waals surface area contributed by atoms with Crippen molar-refractivity contribution in [3.05, 3.63) is 36.5 Å². The molecule has 0 heterocycles. The average molecular weight is 884 g/mol. The van der Waals surface area contributed by atoms with Gasteiger partial charge in [-0.25, -0.2) is 4.57 Å². The van der Waals surface area contributed by atoms with Crippen LogP contribution >= 0.6 is 7.82 Å². The van der Waals surface area contributed by atoms with Crippen molar-refractivity contribution in [3.8, 4) is 0 Å². The van der Waals surface area contributed by atoms with Gasteiger partial charge < -0.3 is 25.2 Å². The van der Waals surface area contributed by atoms with Crippen LogP contribution in [-0.2, 0) is 32.7 Å². The first-order valence-electron chi connectivity index (χ1n) is 25.0. The van der Waals surface area contributed by atoms with E-state index < -0.39 is 45.1 Å². The molecule has 0 aromatic rings. The van der Waals surface area contributed by atoms with Gasteiger partial charge >= 0.3 is 19.8 Å². The Labute approximate surface area is 374 Å². The Morgan fingerprint density at radius 3 is 1.34 bits per heavy atom. The zero-order valence-electron chi connectivity index (χ0n) is 39.3. The summed E-state index contributed by atoms with van der Waals surface area (Å²) in [6.07, 6.45) is 53.4. The number of carbonyl (C=O) groups is 2. The van der Waals surface area contributed by atoms with Gasteiger partial charge in [-0.15, -0.1) is 0 Å². The molecule has 0 aliphatic rings. The quantitative estimate of drug-likeness (QED) is 0.0233. The highest BCUT2D eigenvalue weighted by molar-refractivity contribution is 7.47. The number of carboxylic acid groups (broad SMARTS) is 1. The fraction of sp³-hybridized carbons (Fsp3) is 0.840. The van der Waals surface area contributed by atoms with Crippen LogP contribution in [0.2, 0.25) is 0 Å². The molecule has 0 amide bonds. The van der Waals surface area contributed by atoms with Gasteiger partial charge in [0.2, 0.25) is 0 Å². The number of hydrogen-bond acceptors (Lipinski definition) is 8. The third-order valence-corrected chi connectivity index (χ3v) is 11.8. The lowest BCUT2D eigenvalue weighted by molar-refractivity contribution is -0.154. The summed E-state index contributed by atoms with van der Waals surface area (Å²) < 4.78 is 33.5. The summed E-state index contributed by atoms with van der Waals surface area (Å²) in [7, 11) is -4.62. The van der Waals surface area contributed by atoms with Gasteiger partial charge in [-0.2, -0.15) is 0 Å². The largest absolute Gasteiger partial charge is 0.480 e. The van der Waals surface area contributed by atoms with Gasteiger partial charge in [-0.3, -0.25) is 18.6 Å². The van der Waals surface area contributed by atoms with Crippen LogP contribution in [0.4, 0.5) is 0 Å². The average Bonchev–Trinajstić information content (AvgIpc) is 3.24. The van der Waals surface area contributed by atoms with Crippen LogP contribution in [0.5, 0.6) is 0 Å². The van der Waals surface area contributed by atoms with Crippen molar-refractivity contribution in [2.75, 3.05) is 26.4 Å². The van der Waals surface area contributed by atoms with E-state index in [2.05, 4.69) is 50.3 Å². The molecular weight excluding hydrogens is 790 g/mol. The Morgan fingerprint density at radius 2 is 0.902 bits per heavy atom. The molecule has 3 unspecified atom stereocenters. The molecule has 0 bridgehead atoms. The van der Waals surface area contributed by atoms with E-state index in [1.165, 1.54) is 154 Å². The van der Waals surface area contributed by atoms with E-state index in [1.807, 2.05) is 0 Å². The Hall–Kier alpha value is -1.81. The van der Waals surface area contributed by atoms with E-state index in [1.54, 1.807) is 0 Å². The highest BCUT2D eigenvalue weighted by atomic mass is 31.2. The molecule has 0 radical (unpaired) electrons. The minimum Gasteiger partial charge on any atom is -0.480 e. The van der Waals surface area contributed by atoms with Crippen molar-refractivity contribution in [3.63, 3.8) is 0 Å². The maximum absolute atomic E-state index is 12.7. The summed E-state index contributed by atoms with van der Waals surface area (Å²) in [5.74, 6) is -1.78. The highest BCUT2D eigenvalue weighted by Gasteiger charge is 2.27. The first-order chi connectivity index (χ1) is 29.7. The summed E-state index contributed by atoms with van der Waals surface area (Å²) in [4.78, 5) is 33.7. The number of unbranched alkanes of at least 4 members (excludes halogenated alkanes) is 28. The molecule has 0 spiro atoms. The minimum atomic E-state index is -4.62. The molecular formula is C50H94NO9P. The molecule has 11 heteroatoms. The van der Waals surface area contributed by atoms with Crippen LogP contribution in [0.3, 0.4) is 0 Å². The fourth-order valence-electron chi connectivity index (χ4n) is 6.98. The fourth-order valence-corrected chi connectivity index (χ4v) is 7.76. The predicted molar refractivity (Wildman–Crippen MR) is 254 cm³/mol. The summed E-state index contributed by atoms with van der Waals surface area (Å²) in [6, 6.07) is -1.47. The maximum atomic E-state index is 12.7. The van der Waals surface area contributed by atoms with Crippen molar-refractivity contribution >= 4 is 19.8 Å². The molecule has 0 aliphatic carbocycles. The lowest BCUT2D eigenvalue weighted by Gasteiger charge is -2.20. The Morgan fingerprint density at radius 1 is 0.525 bits per heavy atom. The number of phosphoric ester groups is 1. The van der Waals surface area contributed by atoms with Crippen LogP contribution in [0.25, 0.3) is 0 Å². The third-order valence-electron chi connectivity index (χ3n) is 10.9. The summed E-state index contributed by atoms with van der Waals surface area (Å²) in [5.41, 5.74) is 5.37. The van der Waals surface area contributed by atoms with Gasteiger partial charge in [-0.05, 0) is 70.6 Å². The van der Waals surface area contributed by atoms with Gasteiger partial charge in [0.1, 0.15) is 12.1 Å². The molecule has 0 fully saturated rings. The molecule has 358 valence electrons. The van der Waals surface area contributed by atoms with Crippen LogP contribution in [0, 0.1) is 0 Å². The number of allylic oxidation sites excluding steroid dienone is 6. The number of phosphoric acid groups is 1. The van der Waals surface area contributed by atoms with Gasteiger partial charge in [-0.1, -0.05) is 192 Å². The van der Waals surface area contributed by atoms with E-state index in [0.29, 0.717) is 13.0 Å². The van der Waals surface area contributed by atoms with Gasteiger partial charge in [0.05, 0.1) is 19.8 Å². The molecule has 0 rings (SSSR count). The number of carboxylic acids is 1. The van der Waals surface area contributed by atoms with E-state index in [9.17, 15) is 19.0 Å². The van der Waals surface area contributed by atoms with Crippen molar-refractivity contribution in [1.29, 1.82) is 0 Å². The third kappa shape index (κ3) is 46.0. The molecule has 10 nitrogen and oxygen atoms in total. The predicted octanol–water partition coefficient (Wildman–Crippen LogP) is 14.4. The number of rotatable bonds is 48. The van der Waals surface area contributed by atoms with E-state index in [-0.39, 0.29) is 13.0 Å².